The molecule has 0 unspecified atom stereocenters. The molecule has 6 heteroatoms. The largest absolute Gasteiger partial charge is 0.508 e. The zero-order valence-electron chi connectivity index (χ0n) is 27.0. The first-order valence-electron chi connectivity index (χ1n) is 16.0. The molecule has 0 amide bonds. The maximum Gasteiger partial charge on any atom is 0.121 e. The van der Waals surface area contributed by atoms with E-state index >= 15 is 0 Å². The van der Waals surface area contributed by atoms with Gasteiger partial charge in [-0.25, -0.2) is 9.36 Å². The second kappa shape index (κ2) is 14.4. The van der Waals surface area contributed by atoms with E-state index in [0.717, 1.165) is 39.4 Å². The van der Waals surface area contributed by atoms with Crippen molar-refractivity contribution in [3.8, 4) is 67.4 Å². The molecular weight excluding hydrogens is 604 g/mol. The predicted molar refractivity (Wildman–Crippen MR) is 197 cm³/mol. The zero-order chi connectivity index (χ0) is 33.4. The van der Waals surface area contributed by atoms with Crippen LogP contribution in [0.2, 0.25) is 0 Å². The zero-order valence-corrected chi connectivity index (χ0v) is 27.0. The Bertz CT molecular complexity index is 2260. The number of benzene rings is 6. The maximum absolute atomic E-state index is 9.60. The van der Waals surface area contributed by atoms with Gasteiger partial charge in [0.25, 0.3) is 0 Å². The lowest BCUT2D eigenvalue weighted by Crippen LogP contribution is -1.94. The fourth-order valence-electron chi connectivity index (χ4n) is 5.59. The molecule has 0 radical (unpaired) electrons. The van der Waals surface area contributed by atoms with Gasteiger partial charge >= 0.3 is 0 Å². The van der Waals surface area contributed by atoms with E-state index in [2.05, 4.69) is 95.1 Å². The van der Waals surface area contributed by atoms with Crippen LogP contribution in [0.3, 0.4) is 0 Å². The van der Waals surface area contributed by atoms with E-state index in [1.54, 1.807) is 30.0 Å². The number of ether oxygens (including phenoxy) is 1. The van der Waals surface area contributed by atoms with E-state index in [1.807, 2.05) is 84.1 Å². The number of aromatic nitrogens is 4. The van der Waals surface area contributed by atoms with Crippen molar-refractivity contribution in [3.05, 3.63) is 183 Å². The highest BCUT2D eigenvalue weighted by Crippen LogP contribution is 2.27. The highest BCUT2D eigenvalue weighted by Gasteiger charge is 2.07. The van der Waals surface area contributed by atoms with Crippen LogP contribution in [-0.4, -0.2) is 31.8 Å². The van der Waals surface area contributed by atoms with Crippen molar-refractivity contribution >= 4 is 0 Å². The van der Waals surface area contributed by atoms with E-state index in [0.29, 0.717) is 0 Å². The minimum absolute atomic E-state index is 0.233. The molecule has 1 N–H and O–H groups in total. The number of aromatic hydroxyl groups is 1. The number of phenolic OH excluding ortho intramolecular Hbond substituents is 1. The second-order valence-electron chi connectivity index (χ2n) is 11.5. The first-order valence-corrected chi connectivity index (χ1v) is 16.0. The van der Waals surface area contributed by atoms with Crippen LogP contribution in [-0.2, 0) is 0 Å². The lowest BCUT2D eigenvalue weighted by molar-refractivity contribution is 0.414. The van der Waals surface area contributed by atoms with Gasteiger partial charge in [0.05, 0.1) is 30.9 Å². The molecule has 8 aromatic rings. The second-order valence-corrected chi connectivity index (χ2v) is 11.5. The Morgan fingerprint density at radius 1 is 0.429 bits per heavy atom. The summed E-state index contributed by atoms with van der Waals surface area (Å²) in [6, 6.07) is 52.6. The Labute approximate surface area is 285 Å². The molecule has 6 nitrogen and oxygen atoms in total. The molecule has 0 aliphatic heterocycles. The average molecular weight is 639 g/mol. The van der Waals surface area contributed by atoms with Crippen LogP contribution in [0.25, 0.3) is 55.9 Å². The molecule has 49 heavy (non-hydrogen) atoms. The summed E-state index contributed by atoms with van der Waals surface area (Å²) in [6.07, 6.45) is 7.72. The Kier molecular flexibility index (Phi) is 9.10. The number of rotatable bonds is 7. The molecule has 0 saturated carbocycles. The van der Waals surface area contributed by atoms with Gasteiger partial charge in [-0.3, -0.25) is 0 Å². The van der Waals surface area contributed by atoms with Gasteiger partial charge in [0.2, 0.25) is 0 Å². The quantitative estimate of drug-likeness (QED) is 0.189. The van der Waals surface area contributed by atoms with Crippen molar-refractivity contribution in [2.75, 3.05) is 7.11 Å². The standard InChI is InChI=1S/C22H18N2O.C21H16N2O/c1-25-22-9-5-8-21(14-22)24-16-20(15-23-24)19-12-10-18(11-13-19)17-6-3-2-4-7-17;24-21-8-4-7-20(13-21)23-15-19(14-22-23)18-11-9-17(10-12-18)16-5-2-1-3-6-16/h2-16H,1H3;1-15,24H. The number of nitrogens with zero attached hydrogens (tertiary/aromatic N) is 4. The van der Waals surface area contributed by atoms with Gasteiger partial charge in [-0.05, 0) is 57.6 Å². The molecule has 0 aliphatic carbocycles. The summed E-state index contributed by atoms with van der Waals surface area (Å²) >= 11 is 0. The molecule has 2 heterocycles. The Morgan fingerprint density at radius 3 is 1.29 bits per heavy atom. The monoisotopic (exact) mass is 638 g/mol. The average Bonchev–Trinajstić information content (AvgIpc) is 3.88. The molecular formula is C43H34N4O2. The van der Waals surface area contributed by atoms with Crippen molar-refractivity contribution in [3.63, 3.8) is 0 Å². The van der Waals surface area contributed by atoms with Gasteiger partial charge in [-0.1, -0.05) is 121 Å². The molecule has 8 rings (SSSR count). The van der Waals surface area contributed by atoms with Crippen LogP contribution in [0.15, 0.2) is 183 Å². The van der Waals surface area contributed by atoms with Gasteiger partial charge in [0, 0.05) is 35.7 Å². The number of phenols is 1. The van der Waals surface area contributed by atoms with E-state index < -0.39 is 0 Å². The number of hydrogen-bond donors (Lipinski definition) is 1. The van der Waals surface area contributed by atoms with E-state index in [-0.39, 0.29) is 5.75 Å². The summed E-state index contributed by atoms with van der Waals surface area (Å²) in [5, 5.41) is 18.5. The van der Waals surface area contributed by atoms with Gasteiger partial charge in [-0.2, -0.15) is 10.2 Å². The van der Waals surface area contributed by atoms with Crippen molar-refractivity contribution in [2.24, 2.45) is 0 Å². The van der Waals surface area contributed by atoms with Crippen LogP contribution in [0.1, 0.15) is 0 Å². The summed E-state index contributed by atoms with van der Waals surface area (Å²) in [5.41, 5.74) is 11.0. The van der Waals surface area contributed by atoms with Crippen molar-refractivity contribution in [2.45, 2.75) is 0 Å². The molecule has 0 saturated heterocycles. The molecule has 0 aliphatic rings. The summed E-state index contributed by atoms with van der Waals surface area (Å²) in [7, 11) is 1.67. The van der Waals surface area contributed by atoms with E-state index in [1.165, 1.54) is 22.3 Å². The molecule has 6 aromatic carbocycles. The predicted octanol–water partition coefficient (Wildman–Crippen LogP) is 10.1. The van der Waals surface area contributed by atoms with E-state index in [4.69, 9.17) is 4.74 Å². The summed E-state index contributed by atoms with van der Waals surface area (Å²) < 4.78 is 8.91. The van der Waals surface area contributed by atoms with Crippen molar-refractivity contribution in [1.29, 1.82) is 0 Å². The van der Waals surface area contributed by atoms with Crippen LogP contribution in [0, 0.1) is 0 Å². The van der Waals surface area contributed by atoms with Gasteiger partial charge < -0.3 is 9.84 Å². The lowest BCUT2D eigenvalue weighted by Gasteiger charge is -2.04. The fraction of sp³-hybridized carbons (Fsp3) is 0.0233. The fourth-order valence-corrected chi connectivity index (χ4v) is 5.59. The Morgan fingerprint density at radius 2 is 0.837 bits per heavy atom. The van der Waals surface area contributed by atoms with Crippen molar-refractivity contribution < 1.29 is 9.84 Å². The summed E-state index contributed by atoms with van der Waals surface area (Å²) in [4.78, 5) is 0. The molecule has 0 spiro atoms. The Balaban J connectivity index is 0.000000154. The Hall–Kier alpha value is -6.66. The van der Waals surface area contributed by atoms with Gasteiger partial charge in [0.15, 0.2) is 0 Å². The normalized spacial score (nSPS) is 10.6. The van der Waals surface area contributed by atoms with Crippen LogP contribution in [0.5, 0.6) is 11.5 Å². The number of hydrogen-bond acceptors (Lipinski definition) is 4. The molecule has 0 atom stereocenters. The SMILES string of the molecule is COc1cccc(-n2cc(-c3ccc(-c4ccccc4)cc3)cn2)c1.Oc1cccc(-n2cc(-c3ccc(-c4ccccc4)cc3)cn2)c1. The van der Waals surface area contributed by atoms with Crippen LogP contribution >= 0.6 is 0 Å². The molecule has 238 valence electrons. The summed E-state index contributed by atoms with van der Waals surface area (Å²) in [6.45, 7) is 0. The van der Waals surface area contributed by atoms with Gasteiger partial charge in [0.1, 0.15) is 11.5 Å². The van der Waals surface area contributed by atoms with Gasteiger partial charge in [-0.15, -0.1) is 0 Å². The van der Waals surface area contributed by atoms with Crippen molar-refractivity contribution in [1.82, 2.24) is 19.6 Å². The maximum atomic E-state index is 9.60. The molecule has 0 bridgehead atoms. The highest BCUT2D eigenvalue weighted by molar-refractivity contribution is 5.71. The molecule has 2 aromatic heterocycles. The van der Waals surface area contributed by atoms with Crippen LogP contribution < -0.4 is 4.74 Å². The third-order valence-corrected chi connectivity index (χ3v) is 8.23. The first-order chi connectivity index (χ1) is 24.1. The minimum atomic E-state index is 0.233. The van der Waals surface area contributed by atoms with E-state index in [9.17, 15) is 5.11 Å². The smallest absolute Gasteiger partial charge is 0.121 e. The highest BCUT2D eigenvalue weighted by atomic mass is 16.5. The lowest BCUT2D eigenvalue weighted by atomic mass is 10.0. The minimum Gasteiger partial charge on any atom is -0.508 e. The third-order valence-electron chi connectivity index (χ3n) is 8.23. The molecule has 0 fully saturated rings. The third kappa shape index (κ3) is 7.34. The first kappa shape index (κ1) is 31.0. The topological polar surface area (TPSA) is 65.1 Å². The number of methoxy groups -OCH3 is 1. The summed E-state index contributed by atoms with van der Waals surface area (Å²) in [5.74, 6) is 1.05. The van der Waals surface area contributed by atoms with Crippen LogP contribution in [0.4, 0.5) is 0 Å².